The second kappa shape index (κ2) is 6.27. The van der Waals surface area contributed by atoms with Crippen LogP contribution in [-0.2, 0) is 0 Å². The lowest BCUT2D eigenvalue weighted by Crippen LogP contribution is -2.38. The maximum absolute atomic E-state index is 5.88. The number of aliphatic imine (C=N–C) groups is 1. The maximum Gasteiger partial charge on any atom is 0.188 e. The van der Waals surface area contributed by atoms with Gasteiger partial charge in [-0.25, -0.2) is 0 Å². The number of nitrogens with zero attached hydrogens (tertiary/aromatic N) is 1. The summed E-state index contributed by atoms with van der Waals surface area (Å²) in [5.74, 6) is 2.16. The number of nitrogens with one attached hydrogen (secondary N) is 1. The summed E-state index contributed by atoms with van der Waals surface area (Å²) in [5.41, 5.74) is 6.12. The molecule has 1 rings (SSSR count). The molecule has 17 heavy (non-hydrogen) atoms. The standard InChI is InChI=1S/C14H29N3/c1-11(2)8-14(3,4)10-17-13(15)16-9-12-6-5-7-12/h11-12H,5-10H2,1-4H3,(H3,15,16,17). The second-order valence-electron chi connectivity index (χ2n) is 6.64. The molecule has 1 aliphatic carbocycles. The molecule has 100 valence electrons. The average molecular weight is 239 g/mol. The van der Waals surface area contributed by atoms with Crippen molar-refractivity contribution in [2.24, 2.45) is 28.0 Å². The summed E-state index contributed by atoms with van der Waals surface area (Å²) in [6, 6.07) is 0. The normalized spacial score (nSPS) is 18.3. The Hall–Kier alpha value is -0.730. The van der Waals surface area contributed by atoms with Gasteiger partial charge in [0.2, 0.25) is 0 Å². The SMILES string of the molecule is CC(C)CC(C)(C)CN=C(N)NCC1CCC1. The smallest absolute Gasteiger partial charge is 0.188 e. The van der Waals surface area contributed by atoms with Crippen LogP contribution in [-0.4, -0.2) is 19.0 Å². The molecule has 0 unspecified atom stereocenters. The summed E-state index contributed by atoms with van der Waals surface area (Å²) in [7, 11) is 0. The number of rotatable bonds is 6. The van der Waals surface area contributed by atoms with Gasteiger partial charge in [0, 0.05) is 13.1 Å². The van der Waals surface area contributed by atoms with Gasteiger partial charge in [0.25, 0.3) is 0 Å². The van der Waals surface area contributed by atoms with Crippen LogP contribution in [0.25, 0.3) is 0 Å². The summed E-state index contributed by atoms with van der Waals surface area (Å²) >= 11 is 0. The molecule has 1 aliphatic rings. The van der Waals surface area contributed by atoms with Crippen LogP contribution in [0.2, 0.25) is 0 Å². The van der Waals surface area contributed by atoms with Crippen molar-refractivity contribution in [3.05, 3.63) is 0 Å². The quantitative estimate of drug-likeness (QED) is 0.553. The Bertz CT molecular complexity index is 252. The summed E-state index contributed by atoms with van der Waals surface area (Å²) in [4.78, 5) is 4.46. The second-order valence-corrected chi connectivity index (χ2v) is 6.64. The minimum atomic E-state index is 0.247. The highest BCUT2D eigenvalue weighted by Gasteiger charge is 2.19. The molecule has 0 bridgehead atoms. The van der Waals surface area contributed by atoms with E-state index >= 15 is 0 Å². The summed E-state index contributed by atoms with van der Waals surface area (Å²) in [5, 5.41) is 3.24. The Kier molecular flexibility index (Phi) is 5.29. The fraction of sp³-hybridized carbons (Fsp3) is 0.929. The lowest BCUT2D eigenvalue weighted by Gasteiger charge is -2.26. The van der Waals surface area contributed by atoms with Gasteiger partial charge in [-0.1, -0.05) is 34.1 Å². The topological polar surface area (TPSA) is 50.4 Å². The number of hydrogen-bond acceptors (Lipinski definition) is 1. The zero-order valence-corrected chi connectivity index (χ0v) is 11.9. The van der Waals surface area contributed by atoms with E-state index in [1.165, 1.54) is 25.7 Å². The minimum Gasteiger partial charge on any atom is -0.370 e. The molecule has 0 aromatic carbocycles. The predicted molar refractivity (Wildman–Crippen MR) is 75.1 cm³/mol. The molecule has 0 atom stereocenters. The molecule has 3 N–H and O–H groups in total. The Balaban J connectivity index is 2.24. The summed E-state index contributed by atoms with van der Waals surface area (Å²) in [6.45, 7) is 10.8. The van der Waals surface area contributed by atoms with Gasteiger partial charge in [-0.3, -0.25) is 4.99 Å². The van der Waals surface area contributed by atoms with E-state index in [9.17, 15) is 0 Å². The fourth-order valence-electron chi connectivity index (χ4n) is 2.47. The van der Waals surface area contributed by atoms with E-state index in [0.29, 0.717) is 11.9 Å². The fourth-order valence-corrected chi connectivity index (χ4v) is 2.47. The zero-order chi connectivity index (χ0) is 12.9. The summed E-state index contributed by atoms with van der Waals surface area (Å²) in [6.07, 6.45) is 5.26. The molecular formula is C14H29N3. The number of guanidine groups is 1. The van der Waals surface area contributed by atoms with Crippen molar-refractivity contribution >= 4 is 5.96 Å². The van der Waals surface area contributed by atoms with Gasteiger partial charge in [0.15, 0.2) is 5.96 Å². The largest absolute Gasteiger partial charge is 0.370 e. The van der Waals surface area contributed by atoms with Crippen molar-refractivity contribution in [3.8, 4) is 0 Å². The van der Waals surface area contributed by atoms with E-state index in [0.717, 1.165) is 19.0 Å². The first-order chi connectivity index (χ1) is 7.89. The van der Waals surface area contributed by atoms with Crippen LogP contribution in [0.5, 0.6) is 0 Å². The first-order valence-corrected chi connectivity index (χ1v) is 6.93. The highest BCUT2D eigenvalue weighted by Crippen LogP contribution is 2.26. The monoisotopic (exact) mass is 239 g/mol. The van der Waals surface area contributed by atoms with Gasteiger partial charge in [-0.15, -0.1) is 0 Å². The van der Waals surface area contributed by atoms with Gasteiger partial charge in [-0.2, -0.15) is 0 Å². The summed E-state index contributed by atoms with van der Waals surface area (Å²) < 4.78 is 0. The minimum absolute atomic E-state index is 0.247. The van der Waals surface area contributed by atoms with Crippen molar-refractivity contribution in [2.75, 3.05) is 13.1 Å². The van der Waals surface area contributed by atoms with E-state index in [2.05, 4.69) is 38.0 Å². The molecule has 0 amide bonds. The Morgan fingerprint density at radius 3 is 2.53 bits per heavy atom. The van der Waals surface area contributed by atoms with Crippen LogP contribution in [0.4, 0.5) is 0 Å². The van der Waals surface area contributed by atoms with Gasteiger partial charge < -0.3 is 11.1 Å². The van der Waals surface area contributed by atoms with Crippen molar-refractivity contribution in [3.63, 3.8) is 0 Å². The molecule has 0 aromatic rings. The lowest BCUT2D eigenvalue weighted by molar-refractivity contribution is 0.297. The molecule has 0 radical (unpaired) electrons. The molecule has 0 aromatic heterocycles. The third-order valence-electron chi connectivity index (χ3n) is 3.43. The van der Waals surface area contributed by atoms with Crippen LogP contribution in [0.3, 0.4) is 0 Å². The number of nitrogens with two attached hydrogens (primary N) is 1. The molecule has 3 nitrogen and oxygen atoms in total. The van der Waals surface area contributed by atoms with Crippen molar-refractivity contribution in [1.82, 2.24) is 5.32 Å². The molecule has 1 fully saturated rings. The van der Waals surface area contributed by atoms with Crippen molar-refractivity contribution < 1.29 is 0 Å². The zero-order valence-electron chi connectivity index (χ0n) is 11.9. The highest BCUT2D eigenvalue weighted by molar-refractivity contribution is 5.77. The number of hydrogen-bond donors (Lipinski definition) is 2. The molecule has 0 spiro atoms. The molecular weight excluding hydrogens is 210 g/mol. The molecule has 1 saturated carbocycles. The van der Waals surface area contributed by atoms with E-state index in [-0.39, 0.29) is 5.41 Å². The predicted octanol–water partition coefficient (Wildman–Crippen LogP) is 2.76. The third kappa shape index (κ3) is 5.94. The molecule has 0 saturated heterocycles. The average Bonchev–Trinajstić information content (AvgIpc) is 2.10. The van der Waals surface area contributed by atoms with Crippen molar-refractivity contribution in [2.45, 2.75) is 53.4 Å². The van der Waals surface area contributed by atoms with E-state index < -0.39 is 0 Å². The highest BCUT2D eigenvalue weighted by atomic mass is 15.1. The van der Waals surface area contributed by atoms with Crippen LogP contribution in [0.1, 0.15) is 53.4 Å². The lowest BCUT2D eigenvalue weighted by atomic mass is 9.84. The van der Waals surface area contributed by atoms with E-state index in [4.69, 9.17) is 5.73 Å². The van der Waals surface area contributed by atoms with Crippen LogP contribution >= 0.6 is 0 Å². The Morgan fingerprint density at radius 1 is 1.41 bits per heavy atom. The molecule has 0 heterocycles. The Labute approximate surface area is 106 Å². The molecule has 0 aliphatic heterocycles. The first kappa shape index (κ1) is 14.3. The Morgan fingerprint density at radius 2 is 2.06 bits per heavy atom. The van der Waals surface area contributed by atoms with Gasteiger partial charge in [0.05, 0.1) is 0 Å². The van der Waals surface area contributed by atoms with Gasteiger partial charge >= 0.3 is 0 Å². The van der Waals surface area contributed by atoms with E-state index in [1.807, 2.05) is 0 Å². The van der Waals surface area contributed by atoms with Crippen LogP contribution < -0.4 is 11.1 Å². The van der Waals surface area contributed by atoms with Gasteiger partial charge in [0.1, 0.15) is 0 Å². The van der Waals surface area contributed by atoms with Gasteiger partial charge in [-0.05, 0) is 36.5 Å². The maximum atomic E-state index is 5.88. The van der Waals surface area contributed by atoms with Crippen LogP contribution in [0.15, 0.2) is 4.99 Å². The first-order valence-electron chi connectivity index (χ1n) is 6.93. The van der Waals surface area contributed by atoms with Crippen LogP contribution in [0, 0.1) is 17.3 Å². The molecule has 3 heteroatoms. The van der Waals surface area contributed by atoms with Crippen molar-refractivity contribution in [1.29, 1.82) is 0 Å². The van der Waals surface area contributed by atoms with E-state index in [1.54, 1.807) is 0 Å². The third-order valence-corrected chi connectivity index (χ3v) is 3.43.